The highest BCUT2D eigenvalue weighted by Gasteiger charge is 2.16. The number of nitrogens with one attached hydrogen (secondary N) is 1. The molecule has 0 saturated heterocycles. The Morgan fingerprint density at radius 1 is 1.22 bits per heavy atom. The Kier molecular flexibility index (Phi) is 4.45. The number of thiophene rings is 1. The van der Waals surface area contributed by atoms with Gasteiger partial charge in [0.1, 0.15) is 17.1 Å². The summed E-state index contributed by atoms with van der Waals surface area (Å²) in [6, 6.07) is 13.1. The van der Waals surface area contributed by atoms with Gasteiger partial charge in [-0.05, 0) is 37.6 Å². The first-order valence-electron chi connectivity index (χ1n) is 8.39. The van der Waals surface area contributed by atoms with E-state index in [0.717, 1.165) is 15.6 Å². The quantitative estimate of drug-likeness (QED) is 0.552. The zero-order valence-corrected chi connectivity index (χ0v) is 16.3. The summed E-state index contributed by atoms with van der Waals surface area (Å²) in [4.78, 5) is 30.0. The van der Waals surface area contributed by atoms with E-state index in [1.54, 1.807) is 19.1 Å². The van der Waals surface area contributed by atoms with Crippen molar-refractivity contribution in [3.63, 3.8) is 0 Å². The molecule has 2 aromatic carbocycles. The van der Waals surface area contributed by atoms with E-state index in [0.29, 0.717) is 26.8 Å². The van der Waals surface area contributed by atoms with Crippen molar-refractivity contribution in [1.82, 2.24) is 9.55 Å². The van der Waals surface area contributed by atoms with Gasteiger partial charge >= 0.3 is 0 Å². The smallest absolute Gasteiger partial charge is 0.272 e. The minimum atomic E-state index is -0.303. The van der Waals surface area contributed by atoms with Crippen LogP contribution < -0.4 is 10.9 Å². The molecule has 1 amide bonds. The van der Waals surface area contributed by atoms with Gasteiger partial charge in [0.2, 0.25) is 5.91 Å². The van der Waals surface area contributed by atoms with Crippen LogP contribution in [-0.2, 0) is 11.3 Å². The lowest BCUT2D eigenvalue weighted by Crippen LogP contribution is -2.29. The van der Waals surface area contributed by atoms with Gasteiger partial charge < -0.3 is 5.32 Å². The third kappa shape index (κ3) is 3.22. The Hall–Kier alpha value is -2.70. The average Bonchev–Trinajstić information content (AvgIpc) is 3.01. The van der Waals surface area contributed by atoms with Gasteiger partial charge in [0.25, 0.3) is 5.56 Å². The molecule has 0 aliphatic heterocycles. The lowest BCUT2D eigenvalue weighted by Gasteiger charge is -2.11. The summed E-state index contributed by atoms with van der Waals surface area (Å²) >= 11 is 7.50. The largest absolute Gasteiger partial charge is 0.324 e. The Morgan fingerprint density at radius 2 is 2.00 bits per heavy atom. The van der Waals surface area contributed by atoms with Crippen LogP contribution in [0.15, 0.2) is 47.3 Å². The highest BCUT2D eigenvalue weighted by molar-refractivity contribution is 7.25. The highest BCUT2D eigenvalue weighted by Crippen LogP contribution is 2.30. The molecular formula is C20H16ClN3O2S. The number of anilines is 1. The monoisotopic (exact) mass is 397 g/mol. The van der Waals surface area contributed by atoms with E-state index >= 15 is 0 Å². The molecule has 0 aliphatic carbocycles. The van der Waals surface area contributed by atoms with Crippen molar-refractivity contribution >= 4 is 54.8 Å². The van der Waals surface area contributed by atoms with Gasteiger partial charge in [-0.2, -0.15) is 0 Å². The molecule has 2 heterocycles. The fourth-order valence-corrected chi connectivity index (χ4v) is 4.25. The summed E-state index contributed by atoms with van der Waals surface area (Å²) in [5, 5.41) is 4.32. The third-order valence-electron chi connectivity index (χ3n) is 4.43. The SMILES string of the molecule is Cc1ccc(NC(=O)Cn2c(C)nc3c(sc4ccccc43)c2=O)cc1Cl. The van der Waals surface area contributed by atoms with Crippen LogP contribution >= 0.6 is 22.9 Å². The number of aromatic nitrogens is 2. The number of aryl methyl sites for hydroxylation is 2. The fraction of sp³-hybridized carbons (Fsp3) is 0.150. The molecule has 136 valence electrons. The zero-order chi connectivity index (χ0) is 19.1. The Bertz CT molecular complexity index is 1260. The maximum Gasteiger partial charge on any atom is 0.272 e. The summed E-state index contributed by atoms with van der Waals surface area (Å²) in [6.07, 6.45) is 0. The molecular weight excluding hydrogens is 382 g/mol. The van der Waals surface area contributed by atoms with Gasteiger partial charge in [0.05, 0.1) is 5.52 Å². The Morgan fingerprint density at radius 3 is 2.78 bits per heavy atom. The van der Waals surface area contributed by atoms with E-state index in [1.165, 1.54) is 15.9 Å². The molecule has 2 aromatic heterocycles. The maximum absolute atomic E-state index is 12.9. The van der Waals surface area contributed by atoms with Crippen LogP contribution in [0.2, 0.25) is 5.02 Å². The van der Waals surface area contributed by atoms with Crippen molar-refractivity contribution in [3.8, 4) is 0 Å². The molecule has 0 atom stereocenters. The number of amides is 1. The Labute approximate surface area is 164 Å². The lowest BCUT2D eigenvalue weighted by molar-refractivity contribution is -0.116. The van der Waals surface area contributed by atoms with Gasteiger partial charge in [0.15, 0.2) is 0 Å². The van der Waals surface area contributed by atoms with Gasteiger partial charge in [0, 0.05) is 20.8 Å². The van der Waals surface area contributed by atoms with Crippen molar-refractivity contribution in [2.45, 2.75) is 20.4 Å². The van der Waals surface area contributed by atoms with Crippen LogP contribution in [0.1, 0.15) is 11.4 Å². The standard InChI is InChI=1S/C20H16ClN3O2S/c1-11-7-8-13(9-15(11)21)23-17(25)10-24-12(2)22-18-14-5-3-4-6-16(14)27-19(18)20(24)26/h3-9H,10H2,1-2H3,(H,23,25). The summed E-state index contributed by atoms with van der Waals surface area (Å²) < 4.78 is 2.98. The van der Waals surface area contributed by atoms with Crippen molar-refractivity contribution < 1.29 is 4.79 Å². The van der Waals surface area contributed by atoms with Crippen LogP contribution in [0.25, 0.3) is 20.3 Å². The molecule has 0 bridgehead atoms. The summed E-state index contributed by atoms with van der Waals surface area (Å²) in [6.45, 7) is 3.53. The summed E-state index contributed by atoms with van der Waals surface area (Å²) in [7, 11) is 0. The molecule has 7 heteroatoms. The number of rotatable bonds is 3. The molecule has 5 nitrogen and oxygen atoms in total. The van der Waals surface area contributed by atoms with Crippen molar-refractivity contribution in [1.29, 1.82) is 0 Å². The van der Waals surface area contributed by atoms with Gasteiger partial charge in [-0.15, -0.1) is 11.3 Å². The molecule has 0 radical (unpaired) electrons. The first-order chi connectivity index (χ1) is 12.9. The summed E-state index contributed by atoms with van der Waals surface area (Å²) in [5.41, 5.74) is 2.02. The molecule has 0 spiro atoms. The number of halogens is 1. The highest BCUT2D eigenvalue weighted by atomic mass is 35.5. The second-order valence-corrected chi connectivity index (χ2v) is 7.80. The molecule has 0 fully saturated rings. The number of nitrogens with zero attached hydrogens (tertiary/aromatic N) is 2. The molecule has 4 rings (SSSR count). The van der Waals surface area contributed by atoms with Crippen LogP contribution in [0.3, 0.4) is 0 Å². The maximum atomic E-state index is 12.9. The molecule has 27 heavy (non-hydrogen) atoms. The van der Waals surface area contributed by atoms with E-state index in [9.17, 15) is 9.59 Å². The fourth-order valence-electron chi connectivity index (χ4n) is 2.98. The van der Waals surface area contributed by atoms with Gasteiger partial charge in [-0.1, -0.05) is 35.9 Å². The minimum absolute atomic E-state index is 0.104. The van der Waals surface area contributed by atoms with E-state index in [4.69, 9.17) is 11.6 Å². The lowest BCUT2D eigenvalue weighted by atomic mass is 10.2. The Balaban J connectivity index is 1.69. The summed E-state index contributed by atoms with van der Waals surface area (Å²) in [5.74, 6) is 0.204. The van der Waals surface area contributed by atoms with E-state index in [2.05, 4.69) is 10.3 Å². The number of carbonyl (C=O) groups excluding carboxylic acids is 1. The van der Waals surface area contributed by atoms with E-state index in [-0.39, 0.29) is 18.0 Å². The van der Waals surface area contributed by atoms with Gasteiger partial charge in [-0.25, -0.2) is 4.98 Å². The van der Waals surface area contributed by atoms with E-state index < -0.39 is 0 Å². The number of benzene rings is 2. The number of hydrogen-bond acceptors (Lipinski definition) is 4. The normalized spacial score (nSPS) is 11.2. The van der Waals surface area contributed by atoms with Gasteiger partial charge in [-0.3, -0.25) is 14.2 Å². The first-order valence-corrected chi connectivity index (χ1v) is 9.58. The molecule has 4 aromatic rings. The second-order valence-electron chi connectivity index (χ2n) is 6.34. The number of carbonyl (C=O) groups is 1. The topological polar surface area (TPSA) is 64.0 Å². The minimum Gasteiger partial charge on any atom is -0.324 e. The molecule has 0 unspecified atom stereocenters. The zero-order valence-electron chi connectivity index (χ0n) is 14.7. The van der Waals surface area contributed by atoms with Crippen LogP contribution in [0, 0.1) is 13.8 Å². The molecule has 0 aliphatic rings. The van der Waals surface area contributed by atoms with Crippen molar-refractivity contribution in [2.75, 3.05) is 5.32 Å². The van der Waals surface area contributed by atoms with E-state index in [1.807, 2.05) is 37.3 Å². The van der Waals surface area contributed by atoms with Crippen LogP contribution in [0.4, 0.5) is 5.69 Å². The number of fused-ring (bicyclic) bond motifs is 3. The predicted octanol–water partition coefficient (Wildman–Crippen LogP) is 4.52. The molecule has 1 N–H and O–H groups in total. The second kappa shape index (κ2) is 6.79. The van der Waals surface area contributed by atoms with Crippen LogP contribution in [-0.4, -0.2) is 15.5 Å². The first kappa shape index (κ1) is 17.7. The average molecular weight is 398 g/mol. The van der Waals surface area contributed by atoms with Crippen molar-refractivity contribution in [3.05, 3.63) is 69.2 Å². The molecule has 0 saturated carbocycles. The predicted molar refractivity (Wildman–Crippen MR) is 111 cm³/mol. The van der Waals surface area contributed by atoms with Crippen LogP contribution in [0.5, 0.6) is 0 Å². The third-order valence-corrected chi connectivity index (χ3v) is 5.99. The number of hydrogen-bond donors (Lipinski definition) is 1. The van der Waals surface area contributed by atoms with Crippen molar-refractivity contribution in [2.24, 2.45) is 0 Å².